The molecule has 0 amide bonds. The van der Waals surface area contributed by atoms with E-state index >= 15 is 0 Å². The van der Waals surface area contributed by atoms with Gasteiger partial charge in [-0.3, -0.25) is 18.9 Å². The second-order valence-electron chi connectivity index (χ2n) is 5.92. The molecule has 1 aromatic carbocycles. The van der Waals surface area contributed by atoms with Gasteiger partial charge in [0.15, 0.2) is 11.2 Å². The van der Waals surface area contributed by atoms with Gasteiger partial charge in [0.2, 0.25) is 5.95 Å². The van der Waals surface area contributed by atoms with E-state index < -0.39 is 11.2 Å². The van der Waals surface area contributed by atoms with E-state index in [1.807, 2.05) is 55.5 Å². The standard InChI is InChI=1S/C19H19BrN6O2/c1-3-4-10-26-15-16(25(2)19(28)23-17(15)27)22-18(26)24-21-12-14(20)11-13-8-6-5-7-9-13/h3-9,11-12H,10H2,1-2H3,(H,22,24)(H,23,27,28). The fourth-order valence-corrected chi connectivity index (χ4v) is 2.97. The van der Waals surface area contributed by atoms with Crippen molar-refractivity contribution in [3.05, 3.63) is 73.4 Å². The number of anilines is 1. The van der Waals surface area contributed by atoms with Crippen LogP contribution < -0.4 is 16.7 Å². The van der Waals surface area contributed by atoms with Gasteiger partial charge in [-0.2, -0.15) is 10.1 Å². The van der Waals surface area contributed by atoms with Gasteiger partial charge >= 0.3 is 5.69 Å². The molecule has 0 spiro atoms. The molecule has 8 nitrogen and oxygen atoms in total. The van der Waals surface area contributed by atoms with Gasteiger partial charge in [-0.1, -0.05) is 42.5 Å². The summed E-state index contributed by atoms with van der Waals surface area (Å²) in [5, 5.41) is 4.19. The molecule has 2 heterocycles. The number of hydrogen-bond donors (Lipinski definition) is 2. The quantitative estimate of drug-likeness (QED) is 0.348. The number of aromatic amines is 1. The van der Waals surface area contributed by atoms with Crippen LogP contribution in [0.4, 0.5) is 5.95 Å². The second kappa shape index (κ2) is 8.66. The van der Waals surface area contributed by atoms with E-state index in [2.05, 4.69) is 36.4 Å². The number of nitrogens with zero attached hydrogens (tertiary/aromatic N) is 4. The van der Waals surface area contributed by atoms with E-state index in [4.69, 9.17) is 0 Å². The maximum Gasteiger partial charge on any atom is 0.329 e. The minimum Gasteiger partial charge on any atom is -0.299 e. The Morgan fingerprint density at radius 1 is 1.32 bits per heavy atom. The number of fused-ring (bicyclic) bond motifs is 1. The highest BCUT2D eigenvalue weighted by Crippen LogP contribution is 2.16. The first-order valence-corrected chi connectivity index (χ1v) is 9.32. The lowest BCUT2D eigenvalue weighted by atomic mass is 10.2. The van der Waals surface area contributed by atoms with Gasteiger partial charge < -0.3 is 0 Å². The fourth-order valence-electron chi connectivity index (χ4n) is 2.61. The van der Waals surface area contributed by atoms with E-state index in [1.54, 1.807) is 17.8 Å². The Morgan fingerprint density at radius 3 is 2.79 bits per heavy atom. The minimum absolute atomic E-state index is 0.287. The minimum atomic E-state index is -0.517. The average molecular weight is 443 g/mol. The first kappa shape index (κ1) is 19.6. The van der Waals surface area contributed by atoms with Gasteiger partial charge in [0.05, 0.1) is 6.21 Å². The number of allylic oxidation sites excluding steroid dienone is 3. The number of rotatable bonds is 6. The Labute approximate surface area is 169 Å². The number of benzene rings is 1. The van der Waals surface area contributed by atoms with Gasteiger partial charge in [0.1, 0.15) is 0 Å². The second-order valence-corrected chi connectivity index (χ2v) is 6.83. The molecular weight excluding hydrogens is 424 g/mol. The molecule has 0 radical (unpaired) electrons. The summed E-state index contributed by atoms with van der Waals surface area (Å²) in [4.78, 5) is 30.8. The number of hydrazone groups is 1. The maximum absolute atomic E-state index is 12.3. The zero-order valence-corrected chi connectivity index (χ0v) is 17.0. The molecule has 0 saturated carbocycles. The summed E-state index contributed by atoms with van der Waals surface area (Å²) >= 11 is 3.45. The number of halogens is 1. The van der Waals surface area contributed by atoms with Crippen LogP contribution in [0.2, 0.25) is 0 Å². The number of aromatic nitrogens is 4. The summed E-state index contributed by atoms with van der Waals surface area (Å²) in [6.45, 7) is 2.29. The molecular formula is C19H19BrN6O2. The monoisotopic (exact) mass is 442 g/mol. The first-order valence-electron chi connectivity index (χ1n) is 8.53. The van der Waals surface area contributed by atoms with Crippen molar-refractivity contribution >= 4 is 45.3 Å². The molecule has 2 N–H and O–H groups in total. The lowest BCUT2D eigenvalue weighted by Gasteiger charge is -2.04. The van der Waals surface area contributed by atoms with Gasteiger partial charge in [-0.05, 0) is 34.5 Å². The Bertz CT molecular complexity index is 1180. The molecule has 0 aliphatic carbocycles. The van der Waals surface area contributed by atoms with E-state index in [9.17, 15) is 9.59 Å². The van der Waals surface area contributed by atoms with Gasteiger partial charge in [-0.15, -0.1) is 0 Å². The van der Waals surface area contributed by atoms with Crippen LogP contribution in [0.15, 0.2) is 61.7 Å². The SMILES string of the molecule is CC=CCn1c(NN=CC(Br)=Cc2ccccc2)nc2c1c(=O)[nH]c(=O)n2C. The molecule has 0 saturated heterocycles. The maximum atomic E-state index is 12.3. The third kappa shape index (κ3) is 4.20. The molecule has 0 bridgehead atoms. The molecule has 144 valence electrons. The number of hydrogen-bond acceptors (Lipinski definition) is 5. The Morgan fingerprint density at radius 2 is 2.07 bits per heavy atom. The fraction of sp³-hybridized carbons (Fsp3) is 0.158. The Hall–Kier alpha value is -3.20. The molecule has 3 aromatic rings. The molecule has 0 unspecified atom stereocenters. The number of nitrogens with one attached hydrogen (secondary N) is 2. The lowest BCUT2D eigenvalue weighted by molar-refractivity contribution is 0.818. The smallest absolute Gasteiger partial charge is 0.299 e. The van der Waals surface area contributed by atoms with Crippen molar-refractivity contribution in [2.45, 2.75) is 13.5 Å². The third-order valence-corrected chi connectivity index (χ3v) is 4.42. The van der Waals surface area contributed by atoms with E-state index in [0.717, 1.165) is 10.0 Å². The molecule has 3 rings (SSSR count). The molecule has 0 aliphatic rings. The van der Waals surface area contributed by atoms with E-state index in [0.29, 0.717) is 18.0 Å². The predicted molar refractivity (Wildman–Crippen MR) is 116 cm³/mol. The van der Waals surface area contributed by atoms with Crippen molar-refractivity contribution in [2.24, 2.45) is 12.1 Å². The largest absolute Gasteiger partial charge is 0.329 e. The normalized spacial score (nSPS) is 12.5. The van der Waals surface area contributed by atoms with Crippen LogP contribution >= 0.6 is 15.9 Å². The molecule has 9 heteroatoms. The number of H-pyrrole nitrogens is 1. The predicted octanol–water partition coefficient (Wildman–Crippen LogP) is 2.83. The molecule has 2 aromatic heterocycles. The number of imidazole rings is 1. The topological polar surface area (TPSA) is 97.1 Å². The first-order chi connectivity index (χ1) is 13.5. The van der Waals surface area contributed by atoms with Crippen LogP contribution in [0, 0.1) is 0 Å². The highest BCUT2D eigenvalue weighted by molar-refractivity contribution is 9.12. The molecule has 28 heavy (non-hydrogen) atoms. The highest BCUT2D eigenvalue weighted by Gasteiger charge is 2.16. The average Bonchev–Trinajstić information content (AvgIpc) is 3.04. The van der Waals surface area contributed by atoms with Gasteiger partial charge in [0.25, 0.3) is 5.56 Å². The van der Waals surface area contributed by atoms with Crippen LogP contribution in [0.3, 0.4) is 0 Å². The summed E-state index contributed by atoms with van der Waals surface area (Å²) in [5.41, 5.74) is 3.46. The van der Waals surface area contributed by atoms with E-state index in [1.165, 1.54) is 4.57 Å². The van der Waals surface area contributed by atoms with Crippen molar-refractivity contribution < 1.29 is 0 Å². The highest BCUT2D eigenvalue weighted by atomic mass is 79.9. The van der Waals surface area contributed by atoms with E-state index in [-0.39, 0.29) is 5.65 Å². The summed E-state index contributed by atoms with van der Waals surface area (Å²) in [5.74, 6) is 0.357. The van der Waals surface area contributed by atoms with Crippen LogP contribution in [-0.2, 0) is 13.6 Å². The van der Waals surface area contributed by atoms with Crippen molar-refractivity contribution in [3.8, 4) is 0 Å². The van der Waals surface area contributed by atoms with Crippen molar-refractivity contribution in [2.75, 3.05) is 5.43 Å². The van der Waals surface area contributed by atoms with Crippen molar-refractivity contribution in [1.82, 2.24) is 19.1 Å². The van der Waals surface area contributed by atoms with Gasteiger partial charge in [0, 0.05) is 18.1 Å². The number of aryl methyl sites for hydroxylation is 1. The van der Waals surface area contributed by atoms with Gasteiger partial charge in [-0.25, -0.2) is 10.2 Å². The lowest BCUT2D eigenvalue weighted by Crippen LogP contribution is -2.29. The zero-order valence-electron chi connectivity index (χ0n) is 15.4. The zero-order chi connectivity index (χ0) is 20.1. The Kier molecular flexibility index (Phi) is 6.05. The summed E-state index contributed by atoms with van der Waals surface area (Å²) < 4.78 is 3.72. The molecule has 0 atom stereocenters. The molecule has 0 fully saturated rings. The third-order valence-electron chi connectivity index (χ3n) is 3.99. The summed E-state index contributed by atoms with van der Waals surface area (Å²) in [7, 11) is 1.56. The van der Waals surface area contributed by atoms with Crippen molar-refractivity contribution in [3.63, 3.8) is 0 Å². The van der Waals surface area contributed by atoms with Crippen LogP contribution in [0.5, 0.6) is 0 Å². The molecule has 0 aliphatic heterocycles. The Balaban J connectivity index is 1.95. The van der Waals surface area contributed by atoms with Crippen molar-refractivity contribution in [1.29, 1.82) is 0 Å². The summed E-state index contributed by atoms with van der Waals surface area (Å²) in [6.07, 6.45) is 7.26. The van der Waals surface area contributed by atoms with Crippen LogP contribution in [0.1, 0.15) is 12.5 Å². The van der Waals surface area contributed by atoms with Crippen LogP contribution in [0.25, 0.3) is 17.2 Å². The van der Waals surface area contributed by atoms with Crippen LogP contribution in [-0.4, -0.2) is 25.3 Å². The summed E-state index contributed by atoms with van der Waals surface area (Å²) in [6, 6.07) is 9.81.